The second kappa shape index (κ2) is 4.77. The first-order valence-corrected chi connectivity index (χ1v) is 5.55. The maximum Gasteiger partial charge on any atom is 0.125 e. The molecule has 0 fully saturated rings. The van der Waals surface area contributed by atoms with E-state index in [1.54, 1.807) is 17.5 Å². The van der Waals surface area contributed by atoms with E-state index in [0.717, 1.165) is 18.8 Å². The van der Waals surface area contributed by atoms with Crippen LogP contribution in [0.1, 0.15) is 5.56 Å². The van der Waals surface area contributed by atoms with Crippen molar-refractivity contribution < 1.29 is 0 Å². The number of nitrogens with one attached hydrogen (secondary N) is 1. The number of rotatable bonds is 4. The normalized spacial score (nSPS) is 10.0. The van der Waals surface area contributed by atoms with Crippen molar-refractivity contribution in [1.29, 1.82) is 0 Å². The fourth-order valence-corrected chi connectivity index (χ4v) is 1.94. The molecule has 0 aliphatic heterocycles. The van der Waals surface area contributed by atoms with Crippen LogP contribution in [-0.4, -0.2) is 11.5 Å². The van der Waals surface area contributed by atoms with Gasteiger partial charge in [0.25, 0.3) is 0 Å². The minimum Gasteiger partial charge on any atom is -0.370 e. The van der Waals surface area contributed by atoms with Crippen LogP contribution in [0.4, 0.5) is 5.82 Å². The molecule has 2 aromatic heterocycles. The Morgan fingerprint density at radius 1 is 1.29 bits per heavy atom. The lowest BCUT2D eigenvalue weighted by Crippen LogP contribution is -2.05. The molecule has 0 saturated carbocycles. The molecular weight excluding hydrogens is 192 g/mol. The molecule has 0 aliphatic carbocycles. The van der Waals surface area contributed by atoms with Crippen molar-refractivity contribution in [2.75, 3.05) is 11.9 Å². The lowest BCUT2D eigenvalue weighted by molar-refractivity contribution is 1.01. The summed E-state index contributed by atoms with van der Waals surface area (Å²) in [7, 11) is 0. The van der Waals surface area contributed by atoms with Crippen LogP contribution in [0, 0.1) is 0 Å². The fourth-order valence-electron chi connectivity index (χ4n) is 1.24. The molecule has 0 radical (unpaired) electrons. The lowest BCUT2D eigenvalue weighted by atomic mass is 10.2. The van der Waals surface area contributed by atoms with E-state index >= 15 is 0 Å². The van der Waals surface area contributed by atoms with Gasteiger partial charge < -0.3 is 5.32 Å². The maximum atomic E-state index is 4.19. The second-order valence-electron chi connectivity index (χ2n) is 3.02. The van der Waals surface area contributed by atoms with Crippen molar-refractivity contribution in [3.63, 3.8) is 0 Å². The predicted octanol–water partition coefficient (Wildman–Crippen LogP) is 2.80. The zero-order valence-corrected chi connectivity index (χ0v) is 8.63. The predicted molar refractivity (Wildman–Crippen MR) is 60.7 cm³/mol. The number of hydrogen-bond donors (Lipinski definition) is 1. The van der Waals surface area contributed by atoms with Gasteiger partial charge in [0.2, 0.25) is 0 Å². The standard InChI is InChI=1S/C11H12N2S/c1-2-6-12-11(3-1)13-7-4-10-5-8-14-9-10/h1-3,5-6,8-9H,4,7H2,(H,12,13). The summed E-state index contributed by atoms with van der Waals surface area (Å²) < 4.78 is 0. The zero-order valence-electron chi connectivity index (χ0n) is 7.81. The molecule has 0 saturated heterocycles. The highest BCUT2D eigenvalue weighted by molar-refractivity contribution is 7.07. The highest BCUT2D eigenvalue weighted by atomic mass is 32.1. The summed E-state index contributed by atoms with van der Waals surface area (Å²) in [6.45, 7) is 0.938. The summed E-state index contributed by atoms with van der Waals surface area (Å²) >= 11 is 1.74. The third-order valence-corrected chi connectivity index (χ3v) is 2.70. The van der Waals surface area contributed by atoms with Crippen molar-refractivity contribution in [1.82, 2.24) is 4.98 Å². The van der Waals surface area contributed by atoms with Crippen molar-refractivity contribution >= 4 is 17.2 Å². The van der Waals surface area contributed by atoms with E-state index in [9.17, 15) is 0 Å². The monoisotopic (exact) mass is 204 g/mol. The van der Waals surface area contributed by atoms with Crippen LogP contribution in [0.15, 0.2) is 41.2 Å². The van der Waals surface area contributed by atoms with Crippen LogP contribution in [0.3, 0.4) is 0 Å². The zero-order chi connectivity index (χ0) is 9.64. The Hall–Kier alpha value is -1.35. The first-order valence-electron chi connectivity index (χ1n) is 4.61. The van der Waals surface area contributed by atoms with Gasteiger partial charge >= 0.3 is 0 Å². The molecule has 2 heterocycles. The van der Waals surface area contributed by atoms with Crippen LogP contribution in [0.25, 0.3) is 0 Å². The minimum absolute atomic E-state index is 0.938. The number of aromatic nitrogens is 1. The summed E-state index contributed by atoms with van der Waals surface area (Å²) in [5.41, 5.74) is 1.39. The van der Waals surface area contributed by atoms with E-state index in [1.165, 1.54) is 5.56 Å². The van der Waals surface area contributed by atoms with Gasteiger partial charge in [-0.1, -0.05) is 6.07 Å². The number of hydrogen-bond acceptors (Lipinski definition) is 3. The van der Waals surface area contributed by atoms with Gasteiger partial charge in [-0.3, -0.25) is 0 Å². The number of nitrogens with zero attached hydrogens (tertiary/aromatic N) is 1. The van der Waals surface area contributed by atoms with Crippen molar-refractivity contribution in [3.05, 3.63) is 46.8 Å². The van der Waals surface area contributed by atoms with Crippen LogP contribution < -0.4 is 5.32 Å². The van der Waals surface area contributed by atoms with Gasteiger partial charge in [0.1, 0.15) is 5.82 Å². The molecule has 0 amide bonds. The van der Waals surface area contributed by atoms with Crippen LogP contribution in [0.2, 0.25) is 0 Å². The fraction of sp³-hybridized carbons (Fsp3) is 0.182. The quantitative estimate of drug-likeness (QED) is 0.828. The van der Waals surface area contributed by atoms with E-state index in [-0.39, 0.29) is 0 Å². The highest BCUT2D eigenvalue weighted by Crippen LogP contribution is 2.07. The Balaban J connectivity index is 1.79. The number of thiophene rings is 1. The third-order valence-electron chi connectivity index (χ3n) is 1.96. The molecule has 0 atom stereocenters. The average molecular weight is 204 g/mol. The van der Waals surface area contributed by atoms with Crippen molar-refractivity contribution in [3.8, 4) is 0 Å². The van der Waals surface area contributed by atoms with Gasteiger partial charge in [0, 0.05) is 12.7 Å². The molecule has 3 heteroatoms. The SMILES string of the molecule is c1ccc(NCCc2ccsc2)nc1. The van der Waals surface area contributed by atoms with Gasteiger partial charge in [-0.05, 0) is 40.9 Å². The van der Waals surface area contributed by atoms with E-state index in [2.05, 4.69) is 27.1 Å². The molecule has 14 heavy (non-hydrogen) atoms. The first-order chi connectivity index (χ1) is 6.95. The maximum absolute atomic E-state index is 4.19. The Labute approximate surface area is 87.6 Å². The van der Waals surface area contributed by atoms with Gasteiger partial charge in [0.15, 0.2) is 0 Å². The van der Waals surface area contributed by atoms with Gasteiger partial charge in [-0.25, -0.2) is 4.98 Å². The van der Waals surface area contributed by atoms with Gasteiger partial charge in [-0.15, -0.1) is 0 Å². The van der Waals surface area contributed by atoms with Crippen molar-refractivity contribution in [2.24, 2.45) is 0 Å². The number of pyridine rings is 1. The smallest absolute Gasteiger partial charge is 0.125 e. The average Bonchev–Trinajstić information content (AvgIpc) is 2.72. The molecule has 2 nitrogen and oxygen atoms in total. The summed E-state index contributed by atoms with van der Waals surface area (Å²) in [5, 5.41) is 7.56. The van der Waals surface area contributed by atoms with Gasteiger partial charge in [0.05, 0.1) is 0 Å². The molecule has 0 aromatic carbocycles. The largest absolute Gasteiger partial charge is 0.370 e. The van der Waals surface area contributed by atoms with E-state index < -0.39 is 0 Å². The van der Waals surface area contributed by atoms with Crippen LogP contribution >= 0.6 is 11.3 Å². The Kier molecular flexibility index (Phi) is 3.14. The molecule has 0 unspecified atom stereocenters. The summed E-state index contributed by atoms with van der Waals surface area (Å²) in [6, 6.07) is 8.04. The molecule has 72 valence electrons. The molecule has 2 aromatic rings. The first kappa shape index (κ1) is 9.21. The number of anilines is 1. The molecular formula is C11H12N2S. The summed E-state index contributed by atoms with van der Waals surface area (Å²) in [5.74, 6) is 0.947. The summed E-state index contributed by atoms with van der Waals surface area (Å²) in [6.07, 6.45) is 2.85. The van der Waals surface area contributed by atoms with E-state index in [1.807, 2.05) is 18.2 Å². The molecule has 2 rings (SSSR count). The Morgan fingerprint density at radius 2 is 2.29 bits per heavy atom. The van der Waals surface area contributed by atoms with Crippen LogP contribution in [-0.2, 0) is 6.42 Å². The molecule has 1 N–H and O–H groups in total. The van der Waals surface area contributed by atoms with Crippen molar-refractivity contribution in [2.45, 2.75) is 6.42 Å². The molecule has 0 spiro atoms. The van der Waals surface area contributed by atoms with Crippen LogP contribution in [0.5, 0.6) is 0 Å². The molecule has 0 bridgehead atoms. The highest BCUT2D eigenvalue weighted by Gasteiger charge is 1.93. The topological polar surface area (TPSA) is 24.9 Å². The molecule has 0 aliphatic rings. The lowest BCUT2D eigenvalue weighted by Gasteiger charge is -2.03. The summed E-state index contributed by atoms with van der Waals surface area (Å²) in [4.78, 5) is 4.19. The van der Waals surface area contributed by atoms with Gasteiger partial charge in [-0.2, -0.15) is 11.3 Å². The second-order valence-corrected chi connectivity index (χ2v) is 3.80. The van der Waals surface area contributed by atoms with E-state index in [4.69, 9.17) is 0 Å². The third kappa shape index (κ3) is 2.57. The minimum atomic E-state index is 0.938. The Morgan fingerprint density at radius 3 is 3.00 bits per heavy atom. The van der Waals surface area contributed by atoms with E-state index in [0.29, 0.717) is 0 Å². The Bertz CT molecular complexity index is 356.